The van der Waals surface area contributed by atoms with Crippen LogP contribution in [-0.2, 0) is 28.6 Å². The van der Waals surface area contributed by atoms with Gasteiger partial charge >= 0.3 is 17.9 Å². The lowest BCUT2D eigenvalue weighted by Crippen LogP contribution is -2.30. The topological polar surface area (TPSA) is 78.9 Å². The summed E-state index contributed by atoms with van der Waals surface area (Å²) in [6.07, 6.45) is 77.9. The van der Waals surface area contributed by atoms with Crippen LogP contribution in [0.4, 0.5) is 0 Å². The second-order valence-electron chi connectivity index (χ2n) is 21.3. The van der Waals surface area contributed by atoms with Gasteiger partial charge in [0.25, 0.3) is 0 Å². The predicted octanol–water partition coefficient (Wildman–Crippen LogP) is 21.6. The predicted molar refractivity (Wildman–Crippen MR) is 316 cm³/mol. The molecule has 73 heavy (non-hydrogen) atoms. The molecular formula is C67H120O6. The zero-order chi connectivity index (χ0) is 52.9. The third-order valence-corrected chi connectivity index (χ3v) is 14.0. The van der Waals surface area contributed by atoms with Gasteiger partial charge in [-0.15, -0.1) is 0 Å². The molecule has 0 aromatic carbocycles. The first-order chi connectivity index (χ1) is 36.0. The summed E-state index contributed by atoms with van der Waals surface area (Å²) >= 11 is 0. The van der Waals surface area contributed by atoms with Gasteiger partial charge in [-0.1, -0.05) is 281 Å². The Balaban J connectivity index is 4.31. The number of hydrogen-bond donors (Lipinski definition) is 0. The van der Waals surface area contributed by atoms with Crippen LogP contribution < -0.4 is 0 Å². The van der Waals surface area contributed by atoms with Crippen LogP contribution in [0.25, 0.3) is 0 Å². The fourth-order valence-corrected chi connectivity index (χ4v) is 9.19. The second kappa shape index (κ2) is 61.7. The molecule has 0 bridgehead atoms. The highest BCUT2D eigenvalue weighted by molar-refractivity contribution is 5.71. The van der Waals surface area contributed by atoms with Crippen molar-refractivity contribution in [3.8, 4) is 0 Å². The molecule has 0 aromatic rings. The first-order valence-electron chi connectivity index (χ1n) is 31.8. The standard InChI is InChI=1S/C67H120O6/c1-4-7-10-13-16-19-22-25-28-29-30-31-32-33-34-35-36-37-40-42-45-48-51-54-57-60-66(69)72-63-64(73-67(70)61-58-55-52-49-46-43-39-27-24-21-18-15-12-9-6-3)62-71-65(68)59-56-53-50-47-44-41-38-26-23-20-17-14-11-8-5-2/h18,21-22,25,27,29-30,32-33,39,64H,4-17,19-20,23-24,26,28,31,34-38,40-63H2,1-3H3/b21-18-,25-22-,30-29-,33-32-,39-27-. The maximum atomic E-state index is 12.9. The molecule has 0 fully saturated rings. The van der Waals surface area contributed by atoms with Gasteiger partial charge in [0.15, 0.2) is 6.10 Å². The third kappa shape index (κ3) is 59.9. The van der Waals surface area contributed by atoms with E-state index < -0.39 is 6.10 Å². The van der Waals surface area contributed by atoms with E-state index in [1.54, 1.807) is 0 Å². The van der Waals surface area contributed by atoms with Crippen LogP contribution in [0.1, 0.15) is 329 Å². The Morgan fingerprint density at radius 3 is 0.795 bits per heavy atom. The quantitative estimate of drug-likeness (QED) is 0.0261. The summed E-state index contributed by atoms with van der Waals surface area (Å²) in [5, 5.41) is 0. The average Bonchev–Trinajstić information content (AvgIpc) is 3.39. The highest BCUT2D eigenvalue weighted by atomic mass is 16.6. The molecule has 0 amide bonds. The lowest BCUT2D eigenvalue weighted by molar-refractivity contribution is -0.167. The van der Waals surface area contributed by atoms with Crippen molar-refractivity contribution in [2.45, 2.75) is 335 Å². The smallest absolute Gasteiger partial charge is 0.306 e. The van der Waals surface area contributed by atoms with E-state index in [1.165, 1.54) is 193 Å². The Hall–Kier alpha value is -2.89. The Morgan fingerprint density at radius 2 is 0.493 bits per heavy atom. The maximum Gasteiger partial charge on any atom is 0.306 e. The molecule has 0 N–H and O–H groups in total. The Kier molecular flexibility index (Phi) is 59.2. The number of allylic oxidation sites excluding steroid dienone is 10. The molecule has 0 aliphatic carbocycles. The number of esters is 3. The zero-order valence-electron chi connectivity index (χ0n) is 48.7. The van der Waals surface area contributed by atoms with Crippen molar-refractivity contribution in [1.82, 2.24) is 0 Å². The van der Waals surface area contributed by atoms with Crippen LogP contribution >= 0.6 is 0 Å². The van der Waals surface area contributed by atoms with E-state index in [9.17, 15) is 14.4 Å². The summed E-state index contributed by atoms with van der Waals surface area (Å²) in [4.78, 5) is 38.3. The summed E-state index contributed by atoms with van der Waals surface area (Å²) in [5.41, 5.74) is 0. The van der Waals surface area contributed by atoms with Crippen molar-refractivity contribution in [1.29, 1.82) is 0 Å². The van der Waals surface area contributed by atoms with Crippen LogP contribution in [0.5, 0.6) is 0 Å². The Labute approximate surface area is 453 Å². The SMILES string of the molecule is CCCCC/C=C\C/C=C\CCCCCCCC(=O)OC(COC(=O)CCCCCCCCCCCC/C=C\C/C=C\C/C=C\CCCCCCC)COC(=O)CCCCCCCCCCCCCCCCC. The first-order valence-corrected chi connectivity index (χ1v) is 31.8. The van der Waals surface area contributed by atoms with Gasteiger partial charge in [-0.3, -0.25) is 14.4 Å². The van der Waals surface area contributed by atoms with Gasteiger partial charge in [0.1, 0.15) is 13.2 Å². The molecule has 0 aromatic heterocycles. The largest absolute Gasteiger partial charge is 0.462 e. The summed E-state index contributed by atoms with van der Waals surface area (Å²) in [5.74, 6) is -0.879. The zero-order valence-corrected chi connectivity index (χ0v) is 48.7. The van der Waals surface area contributed by atoms with E-state index in [0.29, 0.717) is 19.3 Å². The van der Waals surface area contributed by atoms with Crippen molar-refractivity contribution < 1.29 is 28.6 Å². The number of hydrogen-bond acceptors (Lipinski definition) is 6. The van der Waals surface area contributed by atoms with Gasteiger partial charge < -0.3 is 14.2 Å². The molecule has 0 aliphatic heterocycles. The van der Waals surface area contributed by atoms with Gasteiger partial charge in [0, 0.05) is 19.3 Å². The minimum absolute atomic E-state index is 0.0779. The van der Waals surface area contributed by atoms with E-state index in [2.05, 4.69) is 81.5 Å². The van der Waals surface area contributed by atoms with Crippen molar-refractivity contribution in [3.63, 3.8) is 0 Å². The number of unbranched alkanes of at least 4 members (excludes halogenated alkanes) is 37. The van der Waals surface area contributed by atoms with Crippen LogP contribution in [0, 0.1) is 0 Å². The summed E-state index contributed by atoms with van der Waals surface area (Å²) < 4.78 is 16.9. The Morgan fingerprint density at radius 1 is 0.274 bits per heavy atom. The van der Waals surface area contributed by atoms with Crippen LogP contribution in [0.2, 0.25) is 0 Å². The molecule has 1 atom stereocenters. The lowest BCUT2D eigenvalue weighted by atomic mass is 10.0. The molecule has 0 radical (unpaired) electrons. The molecule has 0 spiro atoms. The summed E-state index contributed by atoms with van der Waals surface area (Å²) in [6.45, 7) is 6.63. The van der Waals surface area contributed by atoms with E-state index in [0.717, 1.165) is 96.3 Å². The van der Waals surface area contributed by atoms with Gasteiger partial charge in [0.05, 0.1) is 0 Å². The minimum Gasteiger partial charge on any atom is -0.462 e. The molecule has 0 heterocycles. The minimum atomic E-state index is -0.782. The average molecular weight is 1020 g/mol. The van der Waals surface area contributed by atoms with Crippen molar-refractivity contribution in [3.05, 3.63) is 60.8 Å². The first kappa shape index (κ1) is 70.1. The van der Waals surface area contributed by atoms with E-state index in [-0.39, 0.29) is 31.1 Å². The molecular weight excluding hydrogens is 901 g/mol. The molecule has 424 valence electrons. The van der Waals surface area contributed by atoms with Gasteiger partial charge in [-0.2, -0.15) is 0 Å². The van der Waals surface area contributed by atoms with Crippen molar-refractivity contribution >= 4 is 17.9 Å². The number of rotatable bonds is 58. The van der Waals surface area contributed by atoms with Crippen LogP contribution in [0.3, 0.4) is 0 Å². The van der Waals surface area contributed by atoms with Gasteiger partial charge in [-0.05, 0) is 89.9 Å². The molecule has 6 heteroatoms. The van der Waals surface area contributed by atoms with Gasteiger partial charge in [-0.25, -0.2) is 0 Å². The fraction of sp³-hybridized carbons (Fsp3) is 0.806. The van der Waals surface area contributed by atoms with Crippen molar-refractivity contribution in [2.24, 2.45) is 0 Å². The summed E-state index contributed by atoms with van der Waals surface area (Å²) in [7, 11) is 0. The van der Waals surface area contributed by atoms with E-state index in [1.807, 2.05) is 0 Å². The van der Waals surface area contributed by atoms with Crippen LogP contribution in [-0.4, -0.2) is 37.2 Å². The van der Waals surface area contributed by atoms with E-state index in [4.69, 9.17) is 14.2 Å². The highest BCUT2D eigenvalue weighted by Gasteiger charge is 2.19. The number of ether oxygens (including phenoxy) is 3. The molecule has 0 rings (SSSR count). The molecule has 6 nitrogen and oxygen atoms in total. The number of carbonyl (C=O) groups is 3. The lowest BCUT2D eigenvalue weighted by Gasteiger charge is -2.18. The molecule has 1 unspecified atom stereocenters. The van der Waals surface area contributed by atoms with Crippen molar-refractivity contribution in [2.75, 3.05) is 13.2 Å². The monoisotopic (exact) mass is 1020 g/mol. The fourth-order valence-electron chi connectivity index (χ4n) is 9.19. The second-order valence-corrected chi connectivity index (χ2v) is 21.3. The molecule has 0 saturated carbocycles. The number of carbonyl (C=O) groups excluding carboxylic acids is 3. The highest BCUT2D eigenvalue weighted by Crippen LogP contribution is 2.17. The maximum absolute atomic E-state index is 12.9. The normalized spacial score (nSPS) is 12.4. The van der Waals surface area contributed by atoms with E-state index >= 15 is 0 Å². The van der Waals surface area contributed by atoms with Gasteiger partial charge in [0.2, 0.25) is 0 Å². The Bertz CT molecular complexity index is 1310. The summed E-state index contributed by atoms with van der Waals surface area (Å²) in [6, 6.07) is 0. The molecule has 0 saturated heterocycles. The van der Waals surface area contributed by atoms with Crippen LogP contribution in [0.15, 0.2) is 60.8 Å². The third-order valence-electron chi connectivity index (χ3n) is 14.0. The molecule has 0 aliphatic rings.